The van der Waals surface area contributed by atoms with Gasteiger partial charge in [-0.2, -0.15) is 24.4 Å². The molecule has 0 aromatic rings. The summed E-state index contributed by atoms with van der Waals surface area (Å²) in [7, 11) is 0. The minimum Gasteiger partial charge on any atom is -0.301 e. The van der Waals surface area contributed by atoms with Crippen molar-refractivity contribution < 1.29 is 0 Å². The summed E-state index contributed by atoms with van der Waals surface area (Å²) in [6.07, 6.45) is 2.59. The molecule has 1 aliphatic rings. The van der Waals surface area contributed by atoms with Gasteiger partial charge < -0.3 is 4.90 Å². The van der Waals surface area contributed by atoms with Crippen LogP contribution in [0.5, 0.6) is 0 Å². The van der Waals surface area contributed by atoms with E-state index in [0.29, 0.717) is 4.75 Å². The van der Waals surface area contributed by atoms with Gasteiger partial charge in [-0.05, 0) is 44.9 Å². The second-order valence-corrected chi connectivity index (χ2v) is 7.54. The summed E-state index contributed by atoms with van der Waals surface area (Å²) in [5.41, 5.74) is 0. The molecule has 0 radical (unpaired) electrons. The molecular formula is C12H25NS2. The van der Waals surface area contributed by atoms with E-state index in [1.165, 1.54) is 38.2 Å². The fourth-order valence-electron chi connectivity index (χ4n) is 2.07. The van der Waals surface area contributed by atoms with E-state index < -0.39 is 0 Å². The molecule has 0 aliphatic carbocycles. The van der Waals surface area contributed by atoms with Crippen molar-refractivity contribution >= 4 is 24.4 Å². The highest BCUT2D eigenvalue weighted by Gasteiger charge is 2.26. The second kappa shape index (κ2) is 6.41. The minimum atomic E-state index is 0.463. The molecule has 1 fully saturated rings. The van der Waals surface area contributed by atoms with E-state index in [0.717, 1.165) is 11.7 Å². The van der Waals surface area contributed by atoms with E-state index in [-0.39, 0.29) is 0 Å². The van der Waals surface area contributed by atoms with E-state index in [1.807, 2.05) is 0 Å². The summed E-state index contributed by atoms with van der Waals surface area (Å²) >= 11 is 6.41. The molecule has 0 bridgehead atoms. The predicted octanol–water partition coefficient (Wildman–Crippen LogP) is 3.16. The lowest BCUT2D eigenvalue weighted by Crippen LogP contribution is -2.43. The van der Waals surface area contributed by atoms with Crippen LogP contribution in [0.15, 0.2) is 0 Å². The smallest absolute Gasteiger partial charge is 0.0231 e. The fourth-order valence-corrected chi connectivity index (χ4v) is 3.69. The van der Waals surface area contributed by atoms with Crippen molar-refractivity contribution in [1.82, 2.24) is 4.90 Å². The topological polar surface area (TPSA) is 3.24 Å². The lowest BCUT2D eigenvalue weighted by Gasteiger charge is -2.37. The number of hydrogen-bond acceptors (Lipinski definition) is 3. The van der Waals surface area contributed by atoms with E-state index in [2.05, 4.69) is 50.1 Å². The van der Waals surface area contributed by atoms with Crippen molar-refractivity contribution in [2.24, 2.45) is 5.92 Å². The molecule has 0 saturated carbocycles. The third-order valence-corrected chi connectivity index (χ3v) is 4.62. The van der Waals surface area contributed by atoms with Crippen LogP contribution in [-0.2, 0) is 0 Å². The Labute approximate surface area is 105 Å². The Bertz CT molecular complexity index is 182. The van der Waals surface area contributed by atoms with E-state index >= 15 is 0 Å². The monoisotopic (exact) mass is 247 g/mol. The van der Waals surface area contributed by atoms with Crippen LogP contribution in [0.3, 0.4) is 0 Å². The molecule has 0 aromatic heterocycles. The van der Waals surface area contributed by atoms with Crippen molar-refractivity contribution in [1.29, 1.82) is 0 Å². The van der Waals surface area contributed by atoms with Gasteiger partial charge in [-0.15, -0.1) is 0 Å². The van der Waals surface area contributed by atoms with Crippen LogP contribution in [0.4, 0.5) is 0 Å². The summed E-state index contributed by atoms with van der Waals surface area (Å²) < 4.78 is 0.463. The first kappa shape index (κ1) is 13.7. The van der Waals surface area contributed by atoms with Crippen molar-refractivity contribution in [3.8, 4) is 0 Å². The maximum atomic E-state index is 4.29. The van der Waals surface area contributed by atoms with E-state index in [1.54, 1.807) is 0 Å². The number of nitrogens with zero attached hydrogens (tertiary/aromatic N) is 1. The maximum Gasteiger partial charge on any atom is 0.0231 e. The Morgan fingerprint density at radius 3 is 2.73 bits per heavy atom. The highest BCUT2D eigenvalue weighted by molar-refractivity contribution is 8.00. The molecule has 90 valence electrons. The first-order valence-electron chi connectivity index (χ1n) is 6.01. The van der Waals surface area contributed by atoms with Crippen LogP contribution in [0, 0.1) is 5.92 Å². The van der Waals surface area contributed by atoms with E-state index in [4.69, 9.17) is 0 Å². The molecule has 1 aliphatic heterocycles. The lowest BCUT2D eigenvalue weighted by molar-refractivity contribution is 0.242. The Morgan fingerprint density at radius 1 is 1.40 bits per heavy atom. The molecule has 1 rings (SSSR count). The fraction of sp³-hybridized carbons (Fsp3) is 1.00. The lowest BCUT2D eigenvalue weighted by atomic mass is 10.0. The minimum absolute atomic E-state index is 0.463. The van der Waals surface area contributed by atoms with Crippen LogP contribution in [0.1, 0.15) is 33.6 Å². The summed E-state index contributed by atoms with van der Waals surface area (Å²) in [6, 6.07) is 0. The van der Waals surface area contributed by atoms with Crippen molar-refractivity contribution in [3.63, 3.8) is 0 Å². The number of rotatable bonds is 5. The molecule has 0 amide bonds. The van der Waals surface area contributed by atoms with Gasteiger partial charge in [0, 0.05) is 23.6 Å². The van der Waals surface area contributed by atoms with Crippen LogP contribution in [0.2, 0.25) is 0 Å². The predicted molar refractivity (Wildman–Crippen MR) is 75.2 cm³/mol. The van der Waals surface area contributed by atoms with Gasteiger partial charge in [-0.3, -0.25) is 0 Å². The third kappa shape index (κ3) is 5.50. The highest BCUT2D eigenvalue weighted by atomic mass is 32.2. The molecule has 1 atom stereocenters. The normalized spacial score (nSPS) is 24.0. The zero-order valence-corrected chi connectivity index (χ0v) is 12.0. The highest BCUT2D eigenvalue weighted by Crippen LogP contribution is 2.29. The van der Waals surface area contributed by atoms with Gasteiger partial charge in [-0.25, -0.2) is 0 Å². The van der Waals surface area contributed by atoms with Gasteiger partial charge >= 0.3 is 0 Å². The quantitative estimate of drug-likeness (QED) is 0.744. The molecule has 1 nitrogen and oxygen atoms in total. The van der Waals surface area contributed by atoms with Crippen LogP contribution in [0.25, 0.3) is 0 Å². The van der Waals surface area contributed by atoms with Gasteiger partial charge in [0.15, 0.2) is 0 Å². The number of thioether (sulfide) groups is 1. The number of hydrogen-bond donors (Lipinski definition) is 1. The summed E-state index contributed by atoms with van der Waals surface area (Å²) in [5, 5.41) is 0. The molecule has 1 heterocycles. The summed E-state index contributed by atoms with van der Waals surface area (Å²) in [6.45, 7) is 10.9. The molecule has 0 aromatic carbocycles. The maximum absolute atomic E-state index is 4.29. The van der Waals surface area contributed by atoms with Gasteiger partial charge in [-0.1, -0.05) is 6.92 Å². The van der Waals surface area contributed by atoms with Gasteiger partial charge in [0.25, 0.3) is 0 Å². The number of thiol groups is 1. The molecular weight excluding hydrogens is 222 g/mol. The average molecular weight is 247 g/mol. The first-order valence-corrected chi connectivity index (χ1v) is 7.62. The van der Waals surface area contributed by atoms with Gasteiger partial charge in [0.1, 0.15) is 0 Å². The molecule has 1 unspecified atom stereocenters. The Balaban J connectivity index is 2.21. The standard InChI is InChI=1S/C12H25NS2/c1-11(5-8-14)4-6-13-7-9-15-12(2,3)10-13/h11,14H,4-10H2,1-3H3. The third-order valence-electron chi connectivity index (χ3n) is 3.06. The molecule has 0 spiro atoms. The second-order valence-electron chi connectivity index (χ2n) is 5.29. The Kier molecular flexibility index (Phi) is 5.86. The van der Waals surface area contributed by atoms with E-state index in [9.17, 15) is 0 Å². The summed E-state index contributed by atoms with van der Waals surface area (Å²) in [5.74, 6) is 3.16. The summed E-state index contributed by atoms with van der Waals surface area (Å²) in [4.78, 5) is 2.63. The van der Waals surface area contributed by atoms with Crippen molar-refractivity contribution in [2.75, 3.05) is 31.1 Å². The van der Waals surface area contributed by atoms with Gasteiger partial charge in [0.05, 0.1) is 0 Å². The SMILES string of the molecule is CC(CCS)CCN1CCSC(C)(C)C1. The molecule has 3 heteroatoms. The zero-order valence-electron chi connectivity index (χ0n) is 10.3. The van der Waals surface area contributed by atoms with Crippen LogP contribution >= 0.6 is 24.4 Å². The largest absolute Gasteiger partial charge is 0.301 e. The zero-order chi connectivity index (χ0) is 11.3. The van der Waals surface area contributed by atoms with Crippen molar-refractivity contribution in [3.05, 3.63) is 0 Å². The Hall–Kier alpha value is 0.660. The van der Waals surface area contributed by atoms with Crippen LogP contribution < -0.4 is 0 Å². The average Bonchev–Trinajstić information content (AvgIpc) is 2.14. The molecule has 1 saturated heterocycles. The molecule has 0 N–H and O–H groups in total. The Morgan fingerprint density at radius 2 is 2.13 bits per heavy atom. The van der Waals surface area contributed by atoms with Gasteiger partial charge in [0.2, 0.25) is 0 Å². The van der Waals surface area contributed by atoms with Crippen molar-refractivity contribution in [2.45, 2.75) is 38.4 Å². The molecule has 15 heavy (non-hydrogen) atoms. The first-order chi connectivity index (χ1) is 7.03. The van der Waals surface area contributed by atoms with Crippen LogP contribution in [-0.4, -0.2) is 40.8 Å².